The normalized spacial score (nSPS) is 20.7. The first-order valence-corrected chi connectivity index (χ1v) is 10.3. The topological polar surface area (TPSA) is 92.8 Å². The number of nitrogens with zero attached hydrogens (tertiary/aromatic N) is 1. The lowest BCUT2D eigenvalue weighted by Gasteiger charge is -2.40. The van der Waals surface area contributed by atoms with Crippen LogP contribution in [0.4, 0.5) is 5.69 Å². The molecule has 0 radical (unpaired) electrons. The van der Waals surface area contributed by atoms with Gasteiger partial charge in [0.2, 0.25) is 15.9 Å². The number of benzene rings is 1. The van der Waals surface area contributed by atoms with Crippen LogP contribution in [0.25, 0.3) is 0 Å². The molecular weight excluding hydrogens is 356 g/mol. The van der Waals surface area contributed by atoms with E-state index in [1.54, 1.807) is 26.0 Å². The molecule has 1 fully saturated rings. The second-order valence-electron chi connectivity index (χ2n) is 7.53. The van der Waals surface area contributed by atoms with Crippen molar-refractivity contribution in [1.82, 2.24) is 4.31 Å². The zero-order valence-electron chi connectivity index (χ0n) is 15.8. The molecule has 2 rings (SSSR count). The number of carbonyl (C=O) groups excluding carboxylic acids is 2. The molecule has 7 nitrogen and oxygen atoms in total. The number of hydrogen-bond acceptors (Lipinski definition) is 5. The summed E-state index contributed by atoms with van der Waals surface area (Å²) in [6.45, 7) is 7.43. The van der Waals surface area contributed by atoms with E-state index in [0.29, 0.717) is 11.6 Å². The minimum Gasteiger partial charge on any atom is -0.457 e. The average Bonchev–Trinajstić information content (AvgIpc) is 2.48. The van der Waals surface area contributed by atoms with Gasteiger partial charge in [-0.05, 0) is 37.5 Å². The minimum atomic E-state index is -3.66. The second-order valence-corrected chi connectivity index (χ2v) is 9.47. The van der Waals surface area contributed by atoms with E-state index in [1.807, 2.05) is 12.1 Å². The van der Waals surface area contributed by atoms with Gasteiger partial charge in [-0.2, -0.15) is 4.31 Å². The molecule has 1 amide bonds. The number of morpholine rings is 1. The van der Waals surface area contributed by atoms with Gasteiger partial charge in [-0.15, -0.1) is 0 Å². The molecule has 0 aliphatic carbocycles. The van der Waals surface area contributed by atoms with Gasteiger partial charge in [0.25, 0.3) is 0 Å². The van der Waals surface area contributed by atoms with Crippen molar-refractivity contribution < 1.29 is 22.7 Å². The number of esters is 1. The number of anilines is 1. The summed E-state index contributed by atoms with van der Waals surface area (Å²) >= 11 is 0. The summed E-state index contributed by atoms with van der Waals surface area (Å²) < 4.78 is 30.4. The number of hydrogen-bond donors (Lipinski definition) is 1. The van der Waals surface area contributed by atoms with E-state index in [2.05, 4.69) is 19.2 Å². The highest BCUT2D eigenvalue weighted by molar-refractivity contribution is 7.88. The van der Waals surface area contributed by atoms with Crippen LogP contribution in [0.15, 0.2) is 24.3 Å². The lowest BCUT2D eigenvalue weighted by molar-refractivity contribution is -0.172. The number of amides is 1. The number of ether oxygens (including phenoxy) is 1. The molecule has 0 bridgehead atoms. The lowest BCUT2D eigenvalue weighted by Crippen LogP contribution is -2.59. The first-order chi connectivity index (χ1) is 11.9. The van der Waals surface area contributed by atoms with Crippen LogP contribution in [0.5, 0.6) is 0 Å². The van der Waals surface area contributed by atoms with E-state index in [1.165, 1.54) is 0 Å². The third kappa shape index (κ3) is 5.04. The SMILES string of the molecule is CC(C)c1ccc(NC(=O)CC2C(=O)OC(C)(C)CN2S(C)(=O)=O)cc1. The largest absolute Gasteiger partial charge is 0.457 e. The number of rotatable bonds is 5. The van der Waals surface area contributed by atoms with E-state index in [-0.39, 0.29) is 13.0 Å². The van der Waals surface area contributed by atoms with E-state index in [4.69, 9.17) is 4.74 Å². The summed E-state index contributed by atoms with van der Waals surface area (Å²) in [5, 5.41) is 2.70. The maximum Gasteiger partial charge on any atom is 0.325 e. The summed E-state index contributed by atoms with van der Waals surface area (Å²) in [5.41, 5.74) is 0.805. The molecule has 1 unspecified atom stereocenters. The molecule has 1 saturated heterocycles. The fourth-order valence-corrected chi connectivity index (χ4v) is 4.02. The van der Waals surface area contributed by atoms with Crippen molar-refractivity contribution in [2.75, 3.05) is 18.1 Å². The van der Waals surface area contributed by atoms with E-state index >= 15 is 0 Å². The zero-order valence-corrected chi connectivity index (χ0v) is 16.6. The van der Waals surface area contributed by atoms with Crippen molar-refractivity contribution in [3.63, 3.8) is 0 Å². The predicted molar refractivity (Wildman–Crippen MR) is 99.3 cm³/mol. The van der Waals surface area contributed by atoms with Crippen molar-refractivity contribution in [2.24, 2.45) is 0 Å². The van der Waals surface area contributed by atoms with Gasteiger partial charge < -0.3 is 10.1 Å². The molecule has 144 valence electrons. The third-order valence-electron chi connectivity index (χ3n) is 4.20. The van der Waals surface area contributed by atoms with Crippen LogP contribution in [-0.2, 0) is 24.3 Å². The number of carbonyl (C=O) groups is 2. The summed E-state index contributed by atoms with van der Waals surface area (Å²) in [6.07, 6.45) is 0.727. The van der Waals surface area contributed by atoms with Gasteiger partial charge in [0, 0.05) is 5.69 Å². The number of cyclic esters (lactones) is 1. The van der Waals surface area contributed by atoms with Crippen molar-refractivity contribution >= 4 is 27.6 Å². The van der Waals surface area contributed by atoms with E-state index in [0.717, 1.165) is 16.1 Å². The predicted octanol–water partition coefficient (Wildman–Crippen LogP) is 2.10. The second kappa shape index (κ2) is 7.36. The Morgan fingerprint density at radius 2 is 1.88 bits per heavy atom. The van der Waals surface area contributed by atoms with Crippen LogP contribution in [-0.4, -0.2) is 49.0 Å². The minimum absolute atomic E-state index is 0.0125. The highest BCUT2D eigenvalue weighted by Gasteiger charge is 2.45. The Balaban J connectivity index is 2.11. The summed E-state index contributed by atoms with van der Waals surface area (Å²) in [5.74, 6) is -0.780. The van der Waals surface area contributed by atoms with Gasteiger partial charge in [-0.1, -0.05) is 26.0 Å². The van der Waals surface area contributed by atoms with Crippen molar-refractivity contribution in [2.45, 2.75) is 51.7 Å². The third-order valence-corrected chi connectivity index (χ3v) is 5.43. The van der Waals surface area contributed by atoms with Gasteiger partial charge >= 0.3 is 5.97 Å². The van der Waals surface area contributed by atoms with E-state index in [9.17, 15) is 18.0 Å². The van der Waals surface area contributed by atoms with Crippen LogP contribution >= 0.6 is 0 Å². The van der Waals surface area contributed by atoms with Gasteiger partial charge in [0.1, 0.15) is 11.6 Å². The molecule has 8 heteroatoms. The molecule has 0 aromatic heterocycles. The molecule has 1 aliphatic rings. The summed E-state index contributed by atoms with van der Waals surface area (Å²) in [6, 6.07) is 6.24. The molecule has 26 heavy (non-hydrogen) atoms. The highest BCUT2D eigenvalue weighted by Crippen LogP contribution is 2.26. The molecule has 1 N–H and O–H groups in total. The van der Waals surface area contributed by atoms with Crippen molar-refractivity contribution in [1.29, 1.82) is 0 Å². The summed E-state index contributed by atoms with van der Waals surface area (Å²) in [7, 11) is -3.66. The lowest BCUT2D eigenvalue weighted by atomic mass is 10.0. The Kier molecular flexibility index (Phi) is 5.77. The fourth-order valence-electron chi connectivity index (χ4n) is 2.85. The van der Waals surface area contributed by atoms with Crippen LogP contribution in [0.3, 0.4) is 0 Å². The fraction of sp³-hybridized carbons (Fsp3) is 0.556. The first-order valence-electron chi connectivity index (χ1n) is 8.48. The average molecular weight is 382 g/mol. The standard InChI is InChI=1S/C18H26N2O5S/c1-12(2)13-6-8-14(9-7-13)19-16(21)10-15-17(22)25-18(3,4)11-20(15)26(5,23)24/h6-9,12,15H,10-11H2,1-5H3,(H,19,21). The van der Waals surface area contributed by atoms with Crippen molar-refractivity contribution in [3.05, 3.63) is 29.8 Å². The molecule has 0 saturated carbocycles. The Morgan fingerprint density at radius 3 is 2.38 bits per heavy atom. The van der Waals surface area contributed by atoms with Gasteiger partial charge in [-0.3, -0.25) is 9.59 Å². The number of nitrogens with one attached hydrogen (secondary N) is 1. The Morgan fingerprint density at radius 1 is 1.31 bits per heavy atom. The van der Waals surface area contributed by atoms with Crippen LogP contribution < -0.4 is 5.32 Å². The van der Waals surface area contributed by atoms with Gasteiger partial charge in [-0.25, -0.2) is 8.42 Å². The van der Waals surface area contributed by atoms with Crippen LogP contribution in [0.1, 0.15) is 45.6 Å². The monoisotopic (exact) mass is 382 g/mol. The Hall–Kier alpha value is -1.93. The van der Waals surface area contributed by atoms with Crippen LogP contribution in [0.2, 0.25) is 0 Å². The molecule has 1 atom stereocenters. The quantitative estimate of drug-likeness (QED) is 0.787. The molecule has 1 aromatic rings. The molecular formula is C18H26N2O5S. The Bertz CT molecular complexity index is 784. The summed E-state index contributed by atoms with van der Waals surface area (Å²) in [4.78, 5) is 24.6. The smallest absolute Gasteiger partial charge is 0.325 e. The van der Waals surface area contributed by atoms with Crippen molar-refractivity contribution in [3.8, 4) is 0 Å². The van der Waals surface area contributed by atoms with Gasteiger partial charge in [0.15, 0.2) is 0 Å². The first kappa shape index (κ1) is 20.4. The van der Waals surface area contributed by atoms with E-state index < -0.39 is 33.5 Å². The van der Waals surface area contributed by atoms with Gasteiger partial charge in [0.05, 0.1) is 19.2 Å². The molecule has 1 aliphatic heterocycles. The molecule has 1 heterocycles. The number of sulfonamides is 1. The Labute approximate surface area is 154 Å². The molecule has 0 spiro atoms. The van der Waals surface area contributed by atoms with Crippen LogP contribution in [0, 0.1) is 0 Å². The zero-order chi connectivity index (χ0) is 19.7. The molecule has 1 aromatic carbocycles. The maximum atomic E-state index is 12.3. The highest BCUT2D eigenvalue weighted by atomic mass is 32.2. The maximum absolute atomic E-state index is 12.3.